The highest BCUT2D eigenvalue weighted by molar-refractivity contribution is 7.91. The first-order valence-corrected chi connectivity index (χ1v) is 12.2. The standard InChI is InChI=1S/C25H34O5S/c1-22(2,3)18-13-15-19(16-14-18)31(26,27)17-24(7)20-11-9-10-12-21(20)25(28-8,30-29-24)23(4,5)6/h9-16H,17H2,1-8H3. The van der Waals surface area contributed by atoms with Crippen molar-refractivity contribution in [3.8, 4) is 0 Å². The molecule has 1 heterocycles. The normalized spacial score (nSPS) is 24.6. The molecule has 3 rings (SSSR count). The number of benzene rings is 2. The highest BCUT2D eigenvalue weighted by Crippen LogP contribution is 2.51. The van der Waals surface area contributed by atoms with Crippen LogP contribution >= 0.6 is 0 Å². The molecule has 0 aliphatic carbocycles. The molecular weight excluding hydrogens is 412 g/mol. The third-order valence-corrected chi connectivity index (χ3v) is 7.94. The topological polar surface area (TPSA) is 61.8 Å². The molecule has 0 saturated carbocycles. The van der Waals surface area contributed by atoms with Gasteiger partial charge in [0.15, 0.2) is 9.84 Å². The molecule has 2 unspecified atom stereocenters. The van der Waals surface area contributed by atoms with E-state index in [1.165, 1.54) is 0 Å². The number of ether oxygens (including phenoxy) is 1. The van der Waals surface area contributed by atoms with Crippen LogP contribution in [0.25, 0.3) is 0 Å². The SMILES string of the molecule is COC1(C(C)(C)C)OOC(C)(CS(=O)(=O)c2ccc(C(C)(C)C)cc2)c2ccccc21. The van der Waals surface area contributed by atoms with Crippen molar-refractivity contribution >= 4 is 9.84 Å². The summed E-state index contributed by atoms with van der Waals surface area (Å²) in [7, 11) is -2.08. The van der Waals surface area contributed by atoms with Gasteiger partial charge in [-0.05, 0) is 35.6 Å². The van der Waals surface area contributed by atoms with Gasteiger partial charge in [0.25, 0.3) is 0 Å². The maximum atomic E-state index is 13.3. The molecule has 170 valence electrons. The smallest absolute Gasteiger partial charge is 0.232 e. The number of methoxy groups -OCH3 is 1. The van der Waals surface area contributed by atoms with E-state index in [9.17, 15) is 8.42 Å². The van der Waals surface area contributed by atoms with E-state index in [0.29, 0.717) is 0 Å². The van der Waals surface area contributed by atoms with Gasteiger partial charge in [-0.3, -0.25) is 0 Å². The van der Waals surface area contributed by atoms with Gasteiger partial charge >= 0.3 is 0 Å². The molecule has 5 nitrogen and oxygen atoms in total. The summed E-state index contributed by atoms with van der Waals surface area (Å²) < 4.78 is 32.5. The van der Waals surface area contributed by atoms with Gasteiger partial charge in [-0.2, -0.15) is 4.89 Å². The van der Waals surface area contributed by atoms with Gasteiger partial charge in [0.05, 0.1) is 10.6 Å². The van der Waals surface area contributed by atoms with Crippen LogP contribution in [0.1, 0.15) is 65.2 Å². The molecule has 31 heavy (non-hydrogen) atoms. The van der Waals surface area contributed by atoms with Crippen molar-refractivity contribution in [2.24, 2.45) is 5.41 Å². The van der Waals surface area contributed by atoms with Gasteiger partial charge in [0.2, 0.25) is 5.79 Å². The second-order valence-electron chi connectivity index (χ2n) is 10.5. The van der Waals surface area contributed by atoms with Crippen LogP contribution in [0.4, 0.5) is 0 Å². The first-order chi connectivity index (χ1) is 14.2. The monoisotopic (exact) mass is 446 g/mol. The van der Waals surface area contributed by atoms with Crippen molar-refractivity contribution in [3.63, 3.8) is 0 Å². The molecule has 0 fully saturated rings. The van der Waals surface area contributed by atoms with E-state index in [2.05, 4.69) is 20.8 Å². The minimum Gasteiger partial charge on any atom is -0.347 e. The number of hydrogen-bond acceptors (Lipinski definition) is 5. The molecule has 0 aromatic heterocycles. The average molecular weight is 447 g/mol. The van der Waals surface area contributed by atoms with E-state index in [4.69, 9.17) is 14.5 Å². The van der Waals surface area contributed by atoms with Crippen LogP contribution in [0.15, 0.2) is 53.4 Å². The predicted molar refractivity (Wildman–Crippen MR) is 121 cm³/mol. The van der Waals surface area contributed by atoms with Crippen LogP contribution < -0.4 is 0 Å². The van der Waals surface area contributed by atoms with Crippen LogP contribution in [0.5, 0.6) is 0 Å². The summed E-state index contributed by atoms with van der Waals surface area (Å²) in [5.74, 6) is -1.41. The fourth-order valence-corrected chi connectivity index (χ4v) is 5.81. The molecule has 0 radical (unpaired) electrons. The quantitative estimate of drug-likeness (QED) is 0.582. The van der Waals surface area contributed by atoms with Crippen molar-refractivity contribution in [2.75, 3.05) is 12.9 Å². The summed E-state index contributed by atoms with van der Waals surface area (Å²) in [4.78, 5) is 12.0. The number of rotatable bonds is 4. The molecule has 0 bridgehead atoms. The zero-order valence-electron chi connectivity index (χ0n) is 19.8. The summed E-state index contributed by atoms with van der Waals surface area (Å²) in [5, 5.41) is 0. The molecule has 2 aromatic rings. The Kier molecular flexibility index (Phi) is 5.94. The van der Waals surface area contributed by atoms with Gasteiger partial charge < -0.3 is 4.74 Å². The van der Waals surface area contributed by atoms with Crippen LogP contribution in [0.3, 0.4) is 0 Å². The Balaban J connectivity index is 2.03. The Morgan fingerprint density at radius 2 is 1.42 bits per heavy atom. The van der Waals surface area contributed by atoms with Crippen molar-refractivity contribution in [3.05, 3.63) is 65.2 Å². The van der Waals surface area contributed by atoms with Gasteiger partial charge in [-0.1, -0.05) is 77.9 Å². The van der Waals surface area contributed by atoms with Gasteiger partial charge in [0.1, 0.15) is 5.60 Å². The summed E-state index contributed by atoms with van der Waals surface area (Å²) in [6, 6.07) is 14.7. The van der Waals surface area contributed by atoms with Crippen molar-refractivity contribution in [1.82, 2.24) is 0 Å². The Morgan fingerprint density at radius 3 is 1.90 bits per heavy atom. The van der Waals surface area contributed by atoms with Crippen LogP contribution in [0, 0.1) is 5.41 Å². The predicted octanol–water partition coefficient (Wildman–Crippen LogP) is 5.48. The number of fused-ring (bicyclic) bond motifs is 1. The third-order valence-electron chi connectivity index (χ3n) is 6.01. The van der Waals surface area contributed by atoms with Gasteiger partial charge in [-0.25, -0.2) is 13.3 Å². The molecule has 6 heteroatoms. The zero-order valence-corrected chi connectivity index (χ0v) is 20.6. The molecule has 2 atom stereocenters. The first-order valence-electron chi connectivity index (χ1n) is 10.5. The van der Waals surface area contributed by atoms with E-state index in [0.717, 1.165) is 16.7 Å². The summed E-state index contributed by atoms with van der Waals surface area (Å²) in [5.41, 5.74) is 0.899. The van der Waals surface area contributed by atoms with Gasteiger partial charge in [-0.15, -0.1) is 0 Å². The Bertz CT molecular complexity index is 1040. The second kappa shape index (κ2) is 7.69. The van der Waals surface area contributed by atoms with E-state index in [1.807, 2.05) is 57.2 Å². The Hall–Kier alpha value is -1.73. The average Bonchev–Trinajstić information content (AvgIpc) is 2.67. The highest BCUT2D eigenvalue weighted by atomic mass is 32.2. The first kappa shape index (κ1) is 23.9. The maximum Gasteiger partial charge on any atom is 0.232 e. The largest absolute Gasteiger partial charge is 0.347 e. The van der Waals surface area contributed by atoms with Crippen molar-refractivity contribution < 1.29 is 22.9 Å². The lowest BCUT2D eigenvalue weighted by atomic mass is 9.76. The fourth-order valence-electron chi connectivity index (χ4n) is 4.16. The Labute approximate surface area is 186 Å². The number of sulfone groups is 1. The Morgan fingerprint density at radius 1 is 0.871 bits per heavy atom. The lowest BCUT2D eigenvalue weighted by Crippen LogP contribution is -2.53. The minimum absolute atomic E-state index is 0.0516. The molecule has 0 saturated heterocycles. The van der Waals surface area contributed by atoms with E-state index < -0.39 is 26.6 Å². The molecule has 1 aliphatic heterocycles. The van der Waals surface area contributed by atoms with E-state index >= 15 is 0 Å². The van der Waals surface area contributed by atoms with Crippen LogP contribution in [-0.4, -0.2) is 21.3 Å². The summed E-state index contributed by atoms with van der Waals surface area (Å²) >= 11 is 0. The lowest BCUT2D eigenvalue weighted by molar-refractivity contribution is -0.501. The third kappa shape index (κ3) is 4.19. The highest BCUT2D eigenvalue weighted by Gasteiger charge is 2.55. The number of hydrogen-bond donors (Lipinski definition) is 0. The molecule has 0 N–H and O–H groups in total. The molecular formula is C25H34O5S. The minimum atomic E-state index is -3.65. The van der Waals surface area contributed by atoms with Crippen molar-refractivity contribution in [1.29, 1.82) is 0 Å². The molecule has 0 amide bonds. The van der Waals surface area contributed by atoms with E-state index in [-0.39, 0.29) is 16.1 Å². The van der Waals surface area contributed by atoms with Crippen LogP contribution in [0.2, 0.25) is 0 Å². The lowest BCUT2D eigenvalue weighted by Gasteiger charge is -2.49. The zero-order chi connectivity index (χ0) is 23.3. The van der Waals surface area contributed by atoms with Gasteiger partial charge in [0, 0.05) is 18.1 Å². The van der Waals surface area contributed by atoms with Crippen LogP contribution in [-0.2, 0) is 41.2 Å². The molecule has 1 aliphatic rings. The molecule has 0 spiro atoms. The fraction of sp³-hybridized carbons (Fsp3) is 0.520. The van der Waals surface area contributed by atoms with Crippen molar-refractivity contribution in [2.45, 2.75) is 70.2 Å². The molecule has 2 aromatic carbocycles. The second-order valence-corrected chi connectivity index (χ2v) is 12.5. The maximum absolute atomic E-state index is 13.3. The summed E-state index contributed by atoms with van der Waals surface area (Å²) in [6.45, 7) is 14.0. The summed E-state index contributed by atoms with van der Waals surface area (Å²) in [6.07, 6.45) is 0. The van der Waals surface area contributed by atoms with E-state index in [1.54, 1.807) is 26.2 Å².